The van der Waals surface area contributed by atoms with E-state index in [1.54, 1.807) is 0 Å². The summed E-state index contributed by atoms with van der Waals surface area (Å²) >= 11 is 0. The van der Waals surface area contributed by atoms with E-state index in [1.807, 2.05) is 0 Å². The Morgan fingerprint density at radius 1 is 0.667 bits per heavy atom. The first kappa shape index (κ1) is 26.1. The molecule has 2 aromatic carbocycles. The molecule has 180 valence electrons. The fourth-order valence-corrected chi connectivity index (χ4v) is 8.33. The lowest BCUT2D eigenvalue weighted by atomic mass is 10.3. The monoisotopic (exact) mass is 522 g/mol. The van der Waals surface area contributed by atoms with Gasteiger partial charge in [0, 0.05) is 15.2 Å². The number of rotatable bonds is 10. The molecule has 0 bridgehead atoms. The predicted molar refractivity (Wildman–Crippen MR) is 112 cm³/mol. The number of benzene rings is 2. The lowest BCUT2D eigenvalue weighted by molar-refractivity contribution is 0.353. The Morgan fingerprint density at radius 2 is 1.03 bits per heavy atom. The molecule has 0 spiro atoms. The van der Waals surface area contributed by atoms with Crippen molar-refractivity contribution in [2.24, 2.45) is 4.40 Å². The summed E-state index contributed by atoms with van der Waals surface area (Å²) in [7, 11) is -11.6. The van der Waals surface area contributed by atoms with E-state index in [-0.39, 0.29) is 23.0 Å². The summed E-state index contributed by atoms with van der Waals surface area (Å²) in [5, 5.41) is 0. The van der Waals surface area contributed by atoms with Crippen LogP contribution in [0.1, 0.15) is 0 Å². The third-order valence-electron chi connectivity index (χ3n) is 4.04. The van der Waals surface area contributed by atoms with Gasteiger partial charge in [-0.05, 0) is 24.3 Å². The normalized spacial score (nSPS) is 12.0. The number of isocyanates is 1. The van der Waals surface area contributed by atoms with Crippen molar-refractivity contribution in [1.82, 2.24) is 3.12 Å². The Morgan fingerprint density at radius 3 is 1.33 bits per heavy atom. The van der Waals surface area contributed by atoms with Crippen LogP contribution in [0.15, 0.2) is 50.6 Å². The lowest BCUT2D eigenvalue weighted by Gasteiger charge is -2.20. The summed E-state index contributed by atoms with van der Waals surface area (Å²) < 4.78 is 99.6. The molecule has 0 fully saturated rings. The van der Waals surface area contributed by atoms with Crippen molar-refractivity contribution in [3.8, 4) is 23.0 Å². The van der Waals surface area contributed by atoms with Crippen LogP contribution in [0.4, 0.5) is 0 Å². The summed E-state index contributed by atoms with van der Waals surface area (Å²) in [5.41, 5.74) is 0. The maximum absolute atomic E-state index is 13.2. The second kappa shape index (κ2) is 9.76. The van der Waals surface area contributed by atoms with E-state index in [1.165, 1.54) is 28.4 Å². The summed E-state index contributed by atoms with van der Waals surface area (Å²) in [6, 6.07) is 5.67. The maximum atomic E-state index is 13.2. The molecule has 2 rings (SSSR count). The first-order valence-electron chi connectivity index (χ1n) is 8.49. The van der Waals surface area contributed by atoms with Crippen LogP contribution in [0.5, 0.6) is 23.0 Å². The molecule has 0 radical (unpaired) electrons. The van der Waals surface area contributed by atoms with Gasteiger partial charge in [-0.15, -0.1) is 0 Å². The first-order valence-corrected chi connectivity index (χ1v) is 12.8. The van der Waals surface area contributed by atoms with Crippen LogP contribution in [0.3, 0.4) is 0 Å². The number of methoxy groups -OCH3 is 4. The van der Waals surface area contributed by atoms with Gasteiger partial charge in [-0.3, -0.25) is 0 Å². The van der Waals surface area contributed by atoms with Gasteiger partial charge in [-0.1, -0.05) is 4.40 Å². The number of nitrogens with zero attached hydrogens (tertiary/aromatic N) is 2. The molecule has 0 atom stereocenters. The van der Waals surface area contributed by atoms with Gasteiger partial charge in [0.1, 0.15) is 0 Å². The zero-order valence-electron chi connectivity index (χ0n) is 17.6. The largest absolute Gasteiger partial charge is 0.493 e. The Kier molecular flexibility index (Phi) is 7.72. The number of hydrogen-bond donors (Lipinski definition) is 0. The zero-order chi connectivity index (χ0) is 25.0. The van der Waals surface area contributed by atoms with Crippen molar-refractivity contribution in [2.75, 3.05) is 28.4 Å². The van der Waals surface area contributed by atoms with Gasteiger partial charge in [0.2, 0.25) is 0 Å². The number of sulfonamides is 2. The minimum Gasteiger partial charge on any atom is -0.493 e. The van der Waals surface area contributed by atoms with Gasteiger partial charge in [-0.2, -0.15) is 8.42 Å². The predicted octanol–water partition coefficient (Wildman–Crippen LogP) is 0.681. The van der Waals surface area contributed by atoms with Crippen LogP contribution in [0.2, 0.25) is 0 Å². The van der Waals surface area contributed by atoms with Crippen LogP contribution < -0.4 is 18.9 Å². The summed E-state index contributed by atoms with van der Waals surface area (Å²) in [5.74, 6) is -0.115. The topological polar surface area (TPSA) is 172 Å². The molecule has 13 nitrogen and oxygen atoms in total. The van der Waals surface area contributed by atoms with Gasteiger partial charge in [0.15, 0.2) is 23.0 Å². The van der Waals surface area contributed by atoms with Crippen LogP contribution >= 0.6 is 0 Å². The quantitative estimate of drug-likeness (QED) is 0.317. The third-order valence-corrected chi connectivity index (χ3v) is 10.7. The Bertz CT molecular complexity index is 1330. The van der Waals surface area contributed by atoms with Gasteiger partial charge >= 0.3 is 10.2 Å². The van der Waals surface area contributed by atoms with Gasteiger partial charge in [0.05, 0.1) is 38.2 Å². The van der Waals surface area contributed by atoms with Crippen molar-refractivity contribution in [2.45, 2.75) is 9.79 Å². The smallest absolute Gasteiger partial charge is 0.360 e. The molecule has 0 amide bonds. The maximum Gasteiger partial charge on any atom is 0.360 e. The van der Waals surface area contributed by atoms with Crippen LogP contribution in [0, 0.1) is 0 Å². The van der Waals surface area contributed by atoms with Crippen LogP contribution in [0.25, 0.3) is 0 Å². The number of carbonyl (C=O) groups excluding carboxylic acids is 1. The van der Waals surface area contributed by atoms with Crippen molar-refractivity contribution in [1.29, 1.82) is 0 Å². The summed E-state index contributed by atoms with van der Waals surface area (Å²) in [6.45, 7) is 0. The third kappa shape index (κ3) is 4.94. The van der Waals surface area contributed by atoms with Crippen molar-refractivity contribution in [3.63, 3.8) is 0 Å². The van der Waals surface area contributed by atoms with Gasteiger partial charge < -0.3 is 18.9 Å². The van der Waals surface area contributed by atoms with Crippen molar-refractivity contribution in [3.05, 3.63) is 36.4 Å². The van der Waals surface area contributed by atoms with E-state index in [0.717, 1.165) is 36.4 Å². The van der Waals surface area contributed by atoms with E-state index in [9.17, 15) is 30.0 Å². The molecule has 0 aliphatic rings. The molecule has 0 saturated heterocycles. The van der Waals surface area contributed by atoms with E-state index in [2.05, 4.69) is 4.40 Å². The van der Waals surface area contributed by atoms with E-state index in [0.29, 0.717) is 6.08 Å². The van der Waals surface area contributed by atoms with Crippen LogP contribution in [-0.2, 0) is 35.1 Å². The highest BCUT2D eigenvalue weighted by Crippen LogP contribution is 2.36. The average molecular weight is 523 g/mol. The molecular formula is C17H18N2O11S3. The minimum atomic E-state index is -5.64. The van der Waals surface area contributed by atoms with E-state index in [4.69, 9.17) is 18.9 Å². The molecular weight excluding hydrogens is 504 g/mol. The lowest BCUT2D eigenvalue weighted by Crippen LogP contribution is -2.40. The fraction of sp³-hybridized carbons (Fsp3) is 0.235. The van der Waals surface area contributed by atoms with Gasteiger partial charge in [-0.25, -0.2) is 21.6 Å². The van der Waals surface area contributed by atoms with E-state index >= 15 is 0 Å². The summed E-state index contributed by atoms with van der Waals surface area (Å²) in [6.07, 6.45) is 0.644. The molecule has 0 aromatic heterocycles. The second-order valence-electron chi connectivity index (χ2n) is 5.84. The van der Waals surface area contributed by atoms with Crippen molar-refractivity contribution >= 4 is 36.3 Å². The molecule has 2 aromatic rings. The standard InChI is InChI=1S/C17H18N2O11S3/c1-27-14-7-5-12(9-16(14)29-3)31(21,22)19(33(25,26)18-11-20)32(23,24)13-6-8-15(28-2)17(10-13)30-4/h5-10H,1-4H3. The van der Waals surface area contributed by atoms with Crippen molar-refractivity contribution < 1.29 is 49.0 Å². The Labute approximate surface area is 190 Å². The van der Waals surface area contributed by atoms with E-state index < -0.39 is 43.2 Å². The average Bonchev–Trinajstić information content (AvgIpc) is 2.77. The SMILES string of the molecule is COc1ccc(S(=O)(=O)N(S(=O)(=O)N=C=O)S(=O)(=O)c2ccc(OC)c(OC)c2)cc1OC. The molecule has 0 saturated carbocycles. The Balaban J connectivity index is 2.87. The first-order chi connectivity index (χ1) is 15.4. The zero-order valence-corrected chi connectivity index (χ0v) is 20.0. The molecule has 0 aliphatic heterocycles. The number of ether oxygens (including phenoxy) is 4. The molecule has 0 aliphatic carbocycles. The highest BCUT2D eigenvalue weighted by molar-refractivity contribution is 8.17. The van der Waals surface area contributed by atoms with Crippen LogP contribution in [-0.4, -0.2) is 62.9 Å². The highest BCUT2D eigenvalue weighted by atomic mass is 32.3. The molecule has 0 unspecified atom stereocenters. The summed E-state index contributed by atoms with van der Waals surface area (Å²) in [4.78, 5) is 9.04. The Hall–Kier alpha value is -3.17. The molecule has 0 heterocycles. The number of hydrogen-bond acceptors (Lipinski definition) is 11. The second-order valence-corrected chi connectivity index (χ2v) is 11.5. The molecule has 16 heteroatoms. The highest BCUT2D eigenvalue weighted by Gasteiger charge is 2.47. The molecule has 33 heavy (non-hydrogen) atoms. The van der Waals surface area contributed by atoms with Gasteiger partial charge in [0.25, 0.3) is 26.1 Å². The minimum absolute atomic E-state index is 0.0829. The fourth-order valence-electron chi connectivity index (χ4n) is 2.58. The molecule has 0 N–H and O–H groups in total.